The molecule has 0 fully saturated rings. The molecule has 0 atom stereocenters. The number of benzene rings is 1. The highest BCUT2D eigenvalue weighted by molar-refractivity contribution is 5.97. The Morgan fingerprint density at radius 2 is 2.25 bits per heavy atom. The molecular formula is C8H8N2O2. The summed E-state index contributed by atoms with van der Waals surface area (Å²) in [5.41, 5.74) is 5.74. The van der Waals surface area contributed by atoms with Crippen molar-refractivity contribution in [2.75, 3.05) is 0 Å². The van der Waals surface area contributed by atoms with Crippen LogP contribution in [-0.2, 0) is 0 Å². The second-order valence-corrected chi connectivity index (χ2v) is 2.31. The van der Waals surface area contributed by atoms with E-state index >= 15 is 0 Å². The summed E-state index contributed by atoms with van der Waals surface area (Å²) in [5, 5.41) is 16.1. The Kier molecular flexibility index (Phi) is 2.09. The Balaban J connectivity index is 3.22. The first kappa shape index (κ1) is 8.26. The van der Waals surface area contributed by atoms with Crippen LogP contribution in [0.5, 0.6) is 5.75 Å². The zero-order chi connectivity index (χ0) is 9.14. The van der Waals surface area contributed by atoms with E-state index in [4.69, 9.17) is 16.2 Å². The molecule has 0 bridgehead atoms. The molecule has 4 nitrogen and oxygen atoms in total. The van der Waals surface area contributed by atoms with Crippen molar-refractivity contribution in [3.05, 3.63) is 29.3 Å². The average Bonchev–Trinajstić information content (AvgIpc) is 2.05. The molecule has 0 aliphatic rings. The number of hydrogen-bond donors (Lipinski definition) is 3. The number of phenolic OH excluding ortho intramolecular Hbond substituents is 1. The minimum Gasteiger partial charge on any atom is -0.507 e. The van der Waals surface area contributed by atoms with Crippen LogP contribution in [0.2, 0.25) is 0 Å². The van der Waals surface area contributed by atoms with Gasteiger partial charge in [0.25, 0.3) is 0 Å². The highest BCUT2D eigenvalue weighted by Crippen LogP contribution is 2.15. The number of aldehydes is 1. The van der Waals surface area contributed by atoms with Crippen LogP contribution >= 0.6 is 0 Å². The molecule has 0 heterocycles. The summed E-state index contributed by atoms with van der Waals surface area (Å²) in [6.07, 6.45) is 0.516. The number of nitrogens with one attached hydrogen (secondary N) is 1. The van der Waals surface area contributed by atoms with E-state index in [2.05, 4.69) is 0 Å². The molecule has 0 aliphatic heterocycles. The van der Waals surface area contributed by atoms with E-state index < -0.39 is 0 Å². The number of phenols is 1. The predicted octanol–water partition coefficient (Wildman–Crippen LogP) is 0.489. The molecule has 0 spiro atoms. The number of rotatable bonds is 2. The largest absolute Gasteiger partial charge is 0.507 e. The maximum atomic E-state index is 10.3. The number of aromatic hydroxyl groups is 1. The van der Waals surface area contributed by atoms with Gasteiger partial charge in [-0.2, -0.15) is 0 Å². The Bertz CT molecular complexity index is 334. The highest BCUT2D eigenvalue weighted by atomic mass is 16.3. The molecule has 0 amide bonds. The zero-order valence-corrected chi connectivity index (χ0v) is 6.24. The van der Waals surface area contributed by atoms with Gasteiger partial charge in [0.1, 0.15) is 11.6 Å². The molecule has 1 aromatic carbocycles. The third-order valence-electron chi connectivity index (χ3n) is 1.47. The first-order valence-electron chi connectivity index (χ1n) is 3.27. The smallest absolute Gasteiger partial charge is 0.153 e. The maximum absolute atomic E-state index is 10.3. The molecule has 1 aromatic rings. The molecule has 0 unspecified atom stereocenters. The van der Waals surface area contributed by atoms with Crippen LogP contribution in [0.15, 0.2) is 18.2 Å². The summed E-state index contributed by atoms with van der Waals surface area (Å²) in [7, 11) is 0. The topological polar surface area (TPSA) is 87.2 Å². The standard InChI is InChI=1S/C8H8N2O2/c9-8(10)5-1-2-7(12)6(3-5)4-11/h1-4,12H,(H3,9,10). The van der Waals surface area contributed by atoms with Gasteiger partial charge in [-0.05, 0) is 18.2 Å². The number of carbonyl (C=O) groups excluding carboxylic acids is 1. The third-order valence-corrected chi connectivity index (χ3v) is 1.47. The minimum atomic E-state index is -0.127. The lowest BCUT2D eigenvalue weighted by molar-refractivity contribution is 0.112. The number of nitrogen functional groups attached to an aromatic ring is 1. The van der Waals surface area contributed by atoms with Gasteiger partial charge in [0.05, 0.1) is 5.56 Å². The van der Waals surface area contributed by atoms with Gasteiger partial charge in [-0.15, -0.1) is 0 Å². The average molecular weight is 164 g/mol. The van der Waals surface area contributed by atoms with Crippen LogP contribution in [0.4, 0.5) is 0 Å². The lowest BCUT2D eigenvalue weighted by atomic mass is 10.1. The van der Waals surface area contributed by atoms with Gasteiger partial charge in [-0.1, -0.05) is 0 Å². The fourth-order valence-corrected chi connectivity index (χ4v) is 0.816. The second kappa shape index (κ2) is 3.04. The first-order chi connectivity index (χ1) is 5.65. The number of nitrogens with two attached hydrogens (primary N) is 1. The van der Waals surface area contributed by atoms with Crippen LogP contribution in [0.1, 0.15) is 15.9 Å². The SMILES string of the molecule is N=C(N)c1ccc(O)c(C=O)c1. The van der Waals surface area contributed by atoms with Crippen molar-refractivity contribution in [2.24, 2.45) is 5.73 Å². The Morgan fingerprint density at radius 3 is 2.75 bits per heavy atom. The summed E-state index contributed by atoms with van der Waals surface area (Å²) in [6, 6.07) is 4.18. The van der Waals surface area contributed by atoms with Crippen molar-refractivity contribution in [3.8, 4) is 5.75 Å². The summed E-state index contributed by atoms with van der Waals surface area (Å²) in [5.74, 6) is -0.229. The summed E-state index contributed by atoms with van der Waals surface area (Å²) < 4.78 is 0. The van der Waals surface area contributed by atoms with Crippen LogP contribution in [0, 0.1) is 5.41 Å². The van der Waals surface area contributed by atoms with Crippen LogP contribution in [-0.4, -0.2) is 17.2 Å². The van der Waals surface area contributed by atoms with Gasteiger partial charge in [0.15, 0.2) is 6.29 Å². The lowest BCUT2D eigenvalue weighted by Gasteiger charge is -2.00. The Labute approximate surface area is 69.1 Å². The van der Waals surface area contributed by atoms with Gasteiger partial charge < -0.3 is 10.8 Å². The van der Waals surface area contributed by atoms with Crippen molar-refractivity contribution < 1.29 is 9.90 Å². The molecule has 4 N–H and O–H groups in total. The normalized spacial score (nSPS) is 9.33. The van der Waals surface area contributed by atoms with Gasteiger partial charge in [-0.3, -0.25) is 10.2 Å². The van der Waals surface area contributed by atoms with Crippen molar-refractivity contribution in [2.45, 2.75) is 0 Å². The van der Waals surface area contributed by atoms with Crippen LogP contribution < -0.4 is 5.73 Å². The predicted molar refractivity (Wildman–Crippen MR) is 44.5 cm³/mol. The molecule has 12 heavy (non-hydrogen) atoms. The summed E-state index contributed by atoms with van der Waals surface area (Å²) in [4.78, 5) is 10.3. The molecule has 1 rings (SSSR count). The number of amidine groups is 1. The molecule has 0 radical (unpaired) electrons. The third kappa shape index (κ3) is 1.42. The molecule has 0 saturated heterocycles. The number of carbonyl (C=O) groups is 1. The minimum absolute atomic E-state index is 0.102. The quantitative estimate of drug-likeness (QED) is 0.337. The van der Waals surface area contributed by atoms with Gasteiger partial charge >= 0.3 is 0 Å². The monoisotopic (exact) mass is 164 g/mol. The summed E-state index contributed by atoms with van der Waals surface area (Å²) in [6.45, 7) is 0. The lowest BCUT2D eigenvalue weighted by Crippen LogP contribution is -2.11. The maximum Gasteiger partial charge on any atom is 0.153 e. The van der Waals surface area contributed by atoms with E-state index in [-0.39, 0.29) is 17.1 Å². The van der Waals surface area contributed by atoms with Gasteiger partial charge in [0.2, 0.25) is 0 Å². The molecule has 0 saturated carbocycles. The van der Waals surface area contributed by atoms with Crippen LogP contribution in [0.3, 0.4) is 0 Å². The van der Waals surface area contributed by atoms with E-state index in [1.807, 2.05) is 0 Å². The van der Waals surface area contributed by atoms with Gasteiger partial charge in [0, 0.05) is 5.56 Å². The number of hydrogen-bond acceptors (Lipinski definition) is 3. The molecule has 0 aromatic heterocycles. The van der Waals surface area contributed by atoms with Crippen LogP contribution in [0.25, 0.3) is 0 Å². The van der Waals surface area contributed by atoms with E-state index in [1.165, 1.54) is 18.2 Å². The fraction of sp³-hybridized carbons (Fsp3) is 0. The van der Waals surface area contributed by atoms with Crippen molar-refractivity contribution in [3.63, 3.8) is 0 Å². The van der Waals surface area contributed by atoms with E-state index in [0.717, 1.165) is 0 Å². The van der Waals surface area contributed by atoms with E-state index in [9.17, 15) is 4.79 Å². The van der Waals surface area contributed by atoms with Crippen molar-refractivity contribution in [1.82, 2.24) is 0 Å². The molecule has 4 heteroatoms. The van der Waals surface area contributed by atoms with E-state index in [0.29, 0.717) is 11.8 Å². The van der Waals surface area contributed by atoms with E-state index in [1.54, 1.807) is 0 Å². The molecule has 62 valence electrons. The van der Waals surface area contributed by atoms with Crippen molar-refractivity contribution >= 4 is 12.1 Å². The second-order valence-electron chi connectivity index (χ2n) is 2.31. The Hall–Kier alpha value is -1.84. The highest BCUT2D eigenvalue weighted by Gasteiger charge is 2.02. The molecule has 0 aliphatic carbocycles. The zero-order valence-electron chi connectivity index (χ0n) is 6.24. The summed E-state index contributed by atoms with van der Waals surface area (Å²) >= 11 is 0. The Morgan fingerprint density at radius 1 is 1.58 bits per heavy atom. The first-order valence-corrected chi connectivity index (χ1v) is 3.27. The van der Waals surface area contributed by atoms with Crippen molar-refractivity contribution in [1.29, 1.82) is 5.41 Å². The molecular weight excluding hydrogens is 156 g/mol. The fourth-order valence-electron chi connectivity index (χ4n) is 0.816. The van der Waals surface area contributed by atoms with Gasteiger partial charge in [-0.25, -0.2) is 0 Å².